The zero-order valence-corrected chi connectivity index (χ0v) is 19.7. The lowest BCUT2D eigenvalue weighted by molar-refractivity contribution is 0.105. The molecule has 0 saturated carbocycles. The summed E-state index contributed by atoms with van der Waals surface area (Å²) in [5.74, 6) is 0.539. The van der Waals surface area contributed by atoms with Gasteiger partial charge < -0.3 is 19.1 Å². The van der Waals surface area contributed by atoms with E-state index >= 15 is 0 Å². The van der Waals surface area contributed by atoms with Crippen molar-refractivity contribution in [3.05, 3.63) is 41.7 Å². The predicted molar refractivity (Wildman–Crippen MR) is 125 cm³/mol. The zero-order chi connectivity index (χ0) is 23.1. The molecule has 0 radical (unpaired) electrons. The fraction of sp³-hybridized carbons (Fsp3) is 0.500. The number of hydrogen-bond acceptors (Lipinski definition) is 7. The first-order valence-electron chi connectivity index (χ1n) is 10.8. The van der Waals surface area contributed by atoms with Crippen LogP contribution < -0.4 is 9.21 Å². The molecule has 0 spiro atoms. The molecule has 1 aliphatic rings. The topological polar surface area (TPSA) is 101 Å². The quantitative estimate of drug-likeness (QED) is 0.561. The number of benzene rings is 1. The van der Waals surface area contributed by atoms with Gasteiger partial charge in [-0.2, -0.15) is 14.7 Å². The van der Waals surface area contributed by atoms with Gasteiger partial charge in [0, 0.05) is 39.4 Å². The molecule has 1 amide bonds. The number of carbonyl (C=O) groups is 1. The van der Waals surface area contributed by atoms with Crippen LogP contribution in [-0.2, 0) is 29.7 Å². The SMILES string of the molecule is CCC[S+]([O-])N(Cc1ccnn1C)c1ccc(N2CCN(C(=O)OCC)CC2)c(C#N)c1. The van der Waals surface area contributed by atoms with Crippen molar-refractivity contribution in [2.75, 3.05) is 47.7 Å². The Morgan fingerprint density at radius 1 is 1.28 bits per heavy atom. The molecule has 0 aliphatic carbocycles. The Morgan fingerprint density at radius 3 is 2.62 bits per heavy atom. The maximum Gasteiger partial charge on any atom is 0.409 e. The second kappa shape index (κ2) is 11.1. The number of nitriles is 1. The summed E-state index contributed by atoms with van der Waals surface area (Å²) < 4.78 is 21.6. The second-order valence-corrected chi connectivity index (χ2v) is 8.99. The van der Waals surface area contributed by atoms with E-state index in [0.717, 1.165) is 23.5 Å². The van der Waals surface area contributed by atoms with Gasteiger partial charge in [-0.05, 0) is 37.6 Å². The fourth-order valence-electron chi connectivity index (χ4n) is 3.66. The van der Waals surface area contributed by atoms with Gasteiger partial charge in [-0.25, -0.2) is 4.79 Å². The van der Waals surface area contributed by atoms with Crippen molar-refractivity contribution in [3.8, 4) is 6.07 Å². The molecule has 0 bridgehead atoms. The molecule has 9 nitrogen and oxygen atoms in total. The Balaban J connectivity index is 1.80. The number of rotatable bonds is 8. The summed E-state index contributed by atoms with van der Waals surface area (Å²) >= 11 is -1.22. The molecule has 32 heavy (non-hydrogen) atoms. The second-order valence-electron chi connectivity index (χ2n) is 7.49. The molecule has 10 heteroatoms. The molecule has 1 aromatic carbocycles. The van der Waals surface area contributed by atoms with E-state index in [-0.39, 0.29) is 6.09 Å². The van der Waals surface area contributed by atoms with E-state index < -0.39 is 11.4 Å². The first kappa shape index (κ1) is 23.8. The fourth-order valence-corrected chi connectivity index (χ4v) is 4.85. The predicted octanol–water partition coefficient (Wildman–Crippen LogP) is 2.65. The van der Waals surface area contributed by atoms with E-state index in [9.17, 15) is 14.6 Å². The highest BCUT2D eigenvalue weighted by atomic mass is 32.2. The highest BCUT2D eigenvalue weighted by Gasteiger charge is 2.26. The van der Waals surface area contributed by atoms with Gasteiger partial charge in [-0.15, -0.1) is 0 Å². The van der Waals surface area contributed by atoms with Crippen LogP contribution in [0.4, 0.5) is 16.2 Å². The third-order valence-electron chi connectivity index (χ3n) is 5.39. The maximum atomic E-state index is 13.0. The number of carbonyl (C=O) groups excluding carboxylic acids is 1. The van der Waals surface area contributed by atoms with Gasteiger partial charge in [0.2, 0.25) is 0 Å². The van der Waals surface area contributed by atoms with Crippen LogP contribution in [0.5, 0.6) is 0 Å². The van der Waals surface area contributed by atoms with Crippen LogP contribution in [0.2, 0.25) is 0 Å². The maximum absolute atomic E-state index is 13.0. The standard InChI is InChI=1S/C22H30N6O3S/c1-4-14-32(30)28(17-20-8-9-24-25(20)3)19-6-7-21(18(15-19)16-23)26-10-12-27(13-11-26)22(29)31-5-2/h6-9,15H,4-5,10-14,17H2,1-3H3. The Labute approximate surface area is 192 Å². The van der Waals surface area contributed by atoms with Crippen LogP contribution in [0.25, 0.3) is 0 Å². The van der Waals surface area contributed by atoms with Crippen molar-refractivity contribution in [2.45, 2.75) is 26.8 Å². The summed E-state index contributed by atoms with van der Waals surface area (Å²) in [7, 11) is 1.86. The summed E-state index contributed by atoms with van der Waals surface area (Å²) in [6.07, 6.45) is 2.21. The Morgan fingerprint density at radius 2 is 2.03 bits per heavy atom. The summed E-state index contributed by atoms with van der Waals surface area (Å²) in [5.41, 5.74) is 3.02. The number of aryl methyl sites for hydroxylation is 1. The molecule has 1 unspecified atom stereocenters. The van der Waals surface area contributed by atoms with E-state index in [1.165, 1.54) is 0 Å². The van der Waals surface area contributed by atoms with Gasteiger partial charge in [-0.3, -0.25) is 4.68 Å². The third-order valence-corrected chi connectivity index (χ3v) is 6.98. The van der Waals surface area contributed by atoms with Crippen molar-refractivity contribution < 1.29 is 14.1 Å². The summed E-state index contributed by atoms with van der Waals surface area (Å²) in [5, 5.41) is 14.0. The molecule has 0 N–H and O–H groups in total. The molecule has 2 aromatic rings. The average molecular weight is 459 g/mol. The Kier molecular flexibility index (Phi) is 8.25. The monoisotopic (exact) mass is 458 g/mol. The first-order valence-corrected chi connectivity index (χ1v) is 12.1. The smallest absolute Gasteiger partial charge is 0.409 e. The van der Waals surface area contributed by atoms with E-state index in [4.69, 9.17) is 4.74 Å². The molecule has 1 aliphatic heterocycles. The van der Waals surface area contributed by atoms with E-state index in [1.807, 2.05) is 36.5 Å². The molecule has 1 fully saturated rings. The highest BCUT2D eigenvalue weighted by Crippen LogP contribution is 2.29. The van der Waals surface area contributed by atoms with Crippen molar-refractivity contribution in [1.82, 2.24) is 14.7 Å². The molecule has 3 rings (SSSR count). The minimum Gasteiger partial charge on any atom is -0.593 e. The Hall–Kier alpha value is -2.90. The lowest BCUT2D eigenvalue weighted by atomic mass is 10.1. The number of nitrogens with zero attached hydrogens (tertiary/aromatic N) is 6. The Bertz CT molecular complexity index is 951. The number of ether oxygens (including phenoxy) is 1. The summed E-state index contributed by atoms with van der Waals surface area (Å²) in [6, 6.07) is 9.82. The number of hydrogen-bond donors (Lipinski definition) is 0. The molecule has 1 aromatic heterocycles. The van der Waals surface area contributed by atoms with E-state index in [2.05, 4.69) is 16.1 Å². The molecular formula is C22H30N6O3S. The molecule has 1 atom stereocenters. The van der Waals surface area contributed by atoms with Gasteiger partial charge >= 0.3 is 6.09 Å². The number of anilines is 2. The average Bonchev–Trinajstić information content (AvgIpc) is 3.21. The molecule has 1 saturated heterocycles. The van der Waals surface area contributed by atoms with Crippen molar-refractivity contribution in [1.29, 1.82) is 5.26 Å². The number of aromatic nitrogens is 2. The van der Waals surface area contributed by atoms with Gasteiger partial charge in [0.15, 0.2) is 0 Å². The first-order chi connectivity index (χ1) is 15.5. The normalized spacial score (nSPS) is 14.7. The van der Waals surface area contributed by atoms with Crippen molar-refractivity contribution in [2.24, 2.45) is 7.05 Å². The van der Waals surface area contributed by atoms with Gasteiger partial charge in [0.25, 0.3) is 0 Å². The lowest BCUT2D eigenvalue weighted by Gasteiger charge is -2.36. The van der Waals surface area contributed by atoms with Crippen LogP contribution in [0, 0.1) is 11.3 Å². The number of amides is 1. The third kappa shape index (κ3) is 5.47. The van der Waals surface area contributed by atoms with Crippen LogP contribution >= 0.6 is 0 Å². The van der Waals surface area contributed by atoms with Gasteiger partial charge in [0.05, 0.1) is 40.6 Å². The van der Waals surface area contributed by atoms with Crippen LogP contribution in [-0.4, -0.2) is 63.9 Å². The van der Waals surface area contributed by atoms with Crippen LogP contribution in [0.3, 0.4) is 0 Å². The minimum atomic E-state index is -1.22. The summed E-state index contributed by atoms with van der Waals surface area (Å²) in [6.45, 7) is 6.90. The number of piperazine rings is 1. The van der Waals surface area contributed by atoms with Gasteiger partial charge in [-0.1, -0.05) is 6.92 Å². The van der Waals surface area contributed by atoms with Gasteiger partial charge in [0.1, 0.15) is 18.4 Å². The van der Waals surface area contributed by atoms with Crippen LogP contribution in [0.15, 0.2) is 30.5 Å². The summed E-state index contributed by atoms with van der Waals surface area (Å²) in [4.78, 5) is 15.7. The van der Waals surface area contributed by atoms with Crippen molar-refractivity contribution >= 4 is 28.8 Å². The minimum absolute atomic E-state index is 0.299. The highest BCUT2D eigenvalue weighted by molar-refractivity contribution is 7.92. The zero-order valence-electron chi connectivity index (χ0n) is 18.9. The van der Waals surface area contributed by atoms with E-state index in [0.29, 0.717) is 50.6 Å². The molecular weight excluding hydrogens is 428 g/mol. The molecule has 2 heterocycles. The van der Waals surface area contributed by atoms with E-state index in [1.54, 1.807) is 28.8 Å². The van der Waals surface area contributed by atoms with Crippen molar-refractivity contribution in [3.63, 3.8) is 0 Å². The van der Waals surface area contributed by atoms with Crippen LogP contribution in [0.1, 0.15) is 31.5 Å². The molecule has 172 valence electrons. The lowest BCUT2D eigenvalue weighted by Crippen LogP contribution is -2.49. The largest absolute Gasteiger partial charge is 0.593 e.